The van der Waals surface area contributed by atoms with Crippen molar-refractivity contribution < 1.29 is 23.1 Å². The third-order valence-corrected chi connectivity index (χ3v) is 7.73. The molecule has 0 aromatic heterocycles. The zero-order valence-electron chi connectivity index (χ0n) is 20.6. The van der Waals surface area contributed by atoms with Crippen LogP contribution >= 0.6 is 0 Å². The molecule has 0 aliphatic carbocycles. The lowest BCUT2D eigenvalue weighted by Crippen LogP contribution is -2.16. The highest BCUT2D eigenvalue weighted by atomic mass is 32.2. The van der Waals surface area contributed by atoms with Crippen LogP contribution < -0.4 is 5.32 Å². The Morgan fingerprint density at radius 3 is 2.27 bits per heavy atom. The molecule has 0 heterocycles. The number of sulfone groups is 1. The van der Waals surface area contributed by atoms with Crippen molar-refractivity contribution >= 4 is 15.8 Å². The monoisotopic (exact) mass is 515 g/mol. The number of phenolic OH excluding ortho intramolecular Hbond substituents is 1. The lowest BCUT2D eigenvalue weighted by Gasteiger charge is -2.11. The van der Waals surface area contributed by atoms with E-state index in [1.165, 1.54) is 17.7 Å². The van der Waals surface area contributed by atoms with E-state index in [1.54, 1.807) is 49.4 Å². The van der Waals surface area contributed by atoms with Gasteiger partial charge in [0.05, 0.1) is 22.0 Å². The third-order valence-electron chi connectivity index (χ3n) is 5.96. The third kappa shape index (κ3) is 6.44. The van der Waals surface area contributed by atoms with Crippen molar-refractivity contribution in [3.63, 3.8) is 0 Å². The van der Waals surface area contributed by atoms with Crippen LogP contribution in [0.15, 0.2) is 107 Å². The summed E-state index contributed by atoms with van der Waals surface area (Å²) in [6.45, 7) is 3.53. The van der Waals surface area contributed by atoms with Crippen molar-refractivity contribution in [1.82, 2.24) is 5.32 Å². The zero-order valence-corrected chi connectivity index (χ0v) is 21.4. The second-order valence-corrected chi connectivity index (χ2v) is 10.5. The molecule has 0 atom stereocenters. The summed E-state index contributed by atoms with van der Waals surface area (Å²) in [7, 11) is -3.82. The number of hydrogen-bond acceptors (Lipinski definition) is 6. The largest absolute Gasteiger partial charge is 0.507 e. The molecule has 0 spiro atoms. The van der Waals surface area contributed by atoms with Crippen molar-refractivity contribution in [2.45, 2.75) is 29.7 Å². The minimum absolute atomic E-state index is 0.00687. The number of ether oxygens (including phenoxy) is 1. The van der Waals surface area contributed by atoms with Crippen LogP contribution in [0.5, 0.6) is 5.75 Å². The van der Waals surface area contributed by atoms with E-state index in [-0.39, 0.29) is 22.1 Å². The quantitative estimate of drug-likeness (QED) is 0.217. The van der Waals surface area contributed by atoms with Gasteiger partial charge in [-0.15, -0.1) is 0 Å². The van der Waals surface area contributed by atoms with E-state index in [0.717, 1.165) is 25.1 Å². The maximum atomic E-state index is 13.2. The molecular weight excluding hydrogens is 486 g/mol. The Hall–Kier alpha value is -3.94. The average Bonchev–Trinajstić information content (AvgIpc) is 2.92. The maximum Gasteiger partial charge on any atom is 0.338 e. The van der Waals surface area contributed by atoms with Gasteiger partial charge in [-0.1, -0.05) is 54.6 Å². The Morgan fingerprint density at radius 2 is 1.57 bits per heavy atom. The van der Waals surface area contributed by atoms with Gasteiger partial charge in [0.1, 0.15) is 5.75 Å². The molecule has 4 aromatic rings. The standard InChI is InChI=1S/C30H29NO5S/c1-2-36-30(33)25-10-6-9-24(19-25)28-16-15-27(20-29(28)32)37(34,35)26-13-11-22(12-14-26)17-18-31-21-23-7-4-3-5-8-23/h3-16,19-20,31-32H,2,17-18,21H2,1H3. The van der Waals surface area contributed by atoms with Crippen LogP contribution in [-0.2, 0) is 27.5 Å². The minimum Gasteiger partial charge on any atom is -0.507 e. The summed E-state index contributed by atoms with van der Waals surface area (Å²) in [5.74, 6) is -0.651. The van der Waals surface area contributed by atoms with E-state index in [1.807, 2.05) is 30.3 Å². The first kappa shape index (κ1) is 26.1. The molecule has 2 N–H and O–H groups in total. The SMILES string of the molecule is CCOC(=O)c1cccc(-c2ccc(S(=O)(=O)c3ccc(CCNCc4ccccc4)cc3)cc2O)c1. The summed E-state index contributed by atoms with van der Waals surface area (Å²) >= 11 is 0. The molecule has 0 aliphatic heterocycles. The van der Waals surface area contributed by atoms with Crippen LogP contribution in [0.1, 0.15) is 28.4 Å². The molecule has 0 fully saturated rings. The van der Waals surface area contributed by atoms with Gasteiger partial charge in [-0.05, 0) is 79.0 Å². The summed E-state index contributed by atoms with van der Waals surface area (Å²) < 4.78 is 31.4. The Bertz CT molecular complexity index is 1470. The molecule has 0 radical (unpaired) electrons. The van der Waals surface area contributed by atoms with Gasteiger partial charge in [0.15, 0.2) is 0 Å². The maximum absolute atomic E-state index is 13.2. The van der Waals surface area contributed by atoms with Gasteiger partial charge in [-0.2, -0.15) is 0 Å². The zero-order chi connectivity index (χ0) is 26.3. The van der Waals surface area contributed by atoms with Crippen molar-refractivity contribution in [1.29, 1.82) is 0 Å². The number of nitrogens with one attached hydrogen (secondary N) is 1. The summed E-state index contributed by atoms with van der Waals surface area (Å²) in [6.07, 6.45) is 0.771. The molecule has 0 amide bonds. The summed E-state index contributed by atoms with van der Waals surface area (Å²) in [5, 5.41) is 14.0. The Balaban J connectivity index is 1.44. The van der Waals surface area contributed by atoms with Crippen LogP contribution in [-0.4, -0.2) is 32.6 Å². The van der Waals surface area contributed by atoms with Crippen LogP contribution in [0.25, 0.3) is 11.1 Å². The van der Waals surface area contributed by atoms with Crippen LogP contribution in [0.2, 0.25) is 0 Å². The van der Waals surface area contributed by atoms with Gasteiger partial charge in [-0.25, -0.2) is 13.2 Å². The Labute approximate surface area is 217 Å². The molecule has 190 valence electrons. The second kappa shape index (κ2) is 11.9. The number of benzene rings is 4. The molecular formula is C30H29NO5S. The summed E-state index contributed by atoms with van der Waals surface area (Å²) in [6, 6.07) is 27.8. The molecule has 4 aromatic carbocycles. The van der Waals surface area contributed by atoms with Gasteiger partial charge in [0.2, 0.25) is 9.84 Å². The number of carbonyl (C=O) groups is 1. The van der Waals surface area contributed by atoms with E-state index < -0.39 is 15.8 Å². The lowest BCUT2D eigenvalue weighted by atomic mass is 10.0. The summed E-state index contributed by atoms with van der Waals surface area (Å²) in [5.41, 5.74) is 3.59. The average molecular weight is 516 g/mol. The van der Waals surface area contributed by atoms with Crippen molar-refractivity contribution in [3.8, 4) is 16.9 Å². The molecule has 7 heteroatoms. The number of esters is 1. The fourth-order valence-electron chi connectivity index (χ4n) is 3.98. The highest BCUT2D eigenvalue weighted by Gasteiger charge is 2.20. The normalized spacial score (nSPS) is 11.3. The highest BCUT2D eigenvalue weighted by molar-refractivity contribution is 7.91. The minimum atomic E-state index is -3.82. The predicted molar refractivity (Wildman–Crippen MR) is 143 cm³/mol. The molecule has 0 saturated carbocycles. The molecule has 0 bridgehead atoms. The van der Waals surface area contributed by atoms with E-state index in [0.29, 0.717) is 16.7 Å². The van der Waals surface area contributed by atoms with E-state index in [4.69, 9.17) is 4.74 Å². The smallest absolute Gasteiger partial charge is 0.338 e. The fraction of sp³-hybridized carbons (Fsp3) is 0.167. The molecule has 0 unspecified atom stereocenters. The topological polar surface area (TPSA) is 92.7 Å². The highest BCUT2D eigenvalue weighted by Crippen LogP contribution is 2.33. The van der Waals surface area contributed by atoms with Gasteiger partial charge in [-0.3, -0.25) is 0 Å². The van der Waals surface area contributed by atoms with Crippen LogP contribution in [0.4, 0.5) is 0 Å². The lowest BCUT2D eigenvalue weighted by molar-refractivity contribution is 0.0526. The van der Waals surface area contributed by atoms with E-state index in [9.17, 15) is 18.3 Å². The Kier molecular flexibility index (Phi) is 8.38. The van der Waals surface area contributed by atoms with Gasteiger partial charge >= 0.3 is 5.97 Å². The van der Waals surface area contributed by atoms with Crippen molar-refractivity contribution in [2.75, 3.05) is 13.2 Å². The molecule has 0 saturated heterocycles. The van der Waals surface area contributed by atoms with E-state index >= 15 is 0 Å². The van der Waals surface area contributed by atoms with Crippen LogP contribution in [0.3, 0.4) is 0 Å². The summed E-state index contributed by atoms with van der Waals surface area (Å²) in [4.78, 5) is 12.2. The molecule has 0 aliphatic rings. The first-order chi connectivity index (χ1) is 17.9. The van der Waals surface area contributed by atoms with Gasteiger partial charge in [0.25, 0.3) is 0 Å². The van der Waals surface area contributed by atoms with Crippen LogP contribution in [0, 0.1) is 0 Å². The molecule has 37 heavy (non-hydrogen) atoms. The van der Waals surface area contributed by atoms with Gasteiger partial charge in [0, 0.05) is 12.1 Å². The fourth-order valence-corrected chi connectivity index (χ4v) is 5.26. The van der Waals surface area contributed by atoms with Crippen molar-refractivity contribution in [3.05, 3.63) is 114 Å². The van der Waals surface area contributed by atoms with E-state index in [2.05, 4.69) is 17.4 Å². The molecule has 6 nitrogen and oxygen atoms in total. The number of aromatic hydroxyl groups is 1. The van der Waals surface area contributed by atoms with Gasteiger partial charge < -0.3 is 15.2 Å². The number of hydrogen-bond donors (Lipinski definition) is 2. The first-order valence-corrected chi connectivity index (χ1v) is 13.6. The number of rotatable bonds is 10. The predicted octanol–water partition coefficient (Wildman–Crippen LogP) is 5.40. The molecule has 4 rings (SSSR count). The van der Waals surface area contributed by atoms with Crippen molar-refractivity contribution in [2.24, 2.45) is 0 Å². The number of phenols is 1. The number of carbonyl (C=O) groups excluding carboxylic acids is 1. The Morgan fingerprint density at radius 1 is 0.838 bits per heavy atom. The first-order valence-electron chi connectivity index (χ1n) is 12.1. The second-order valence-electron chi connectivity index (χ2n) is 8.54.